The Hall–Kier alpha value is -3.78. The first-order valence-electron chi connectivity index (χ1n) is 13.3. The summed E-state index contributed by atoms with van der Waals surface area (Å²) < 4.78 is 90.4. The molecule has 1 atom stereocenters. The maximum absolute atomic E-state index is 16.3. The van der Waals surface area contributed by atoms with Crippen molar-refractivity contribution in [2.75, 3.05) is 31.4 Å². The van der Waals surface area contributed by atoms with Gasteiger partial charge in [-0.2, -0.15) is 5.10 Å². The van der Waals surface area contributed by atoms with Crippen molar-refractivity contribution in [2.45, 2.75) is 37.0 Å². The third-order valence-corrected chi connectivity index (χ3v) is 8.48. The quantitative estimate of drug-likeness (QED) is 0.213. The van der Waals surface area contributed by atoms with E-state index in [0.29, 0.717) is 47.3 Å². The molecular formula is C29H29F3N4O5S. The standard InChI is InChI=1S/C29H29F3N4O5S/c1-39-19-36(42(37,38)26-17-21(30)8-9-24(26)31)25-6-4-5-22(28(25)32)29-23(20-10-12-33-13-11-20)18-35(34-29)14-16-41-27-7-2-3-15-40-27/h4-6,8-13,17-18,27H,2-3,7,14-16,19H2,1H3. The maximum Gasteiger partial charge on any atom is 0.269 e. The number of hydrogen-bond donors (Lipinski definition) is 0. The van der Waals surface area contributed by atoms with Gasteiger partial charge in [0.25, 0.3) is 10.0 Å². The second-order valence-corrected chi connectivity index (χ2v) is 11.4. The van der Waals surface area contributed by atoms with Gasteiger partial charge in [0.05, 0.1) is 18.8 Å². The third kappa shape index (κ3) is 6.33. The topological polar surface area (TPSA) is 95.8 Å². The van der Waals surface area contributed by atoms with Crippen molar-refractivity contribution in [2.24, 2.45) is 0 Å². The molecule has 1 aliphatic rings. The van der Waals surface area contributed by atoms with Crippen LogP contribution in [0, 0.1) is 17.5 Å². The zero-order valence-electron chi connectivity index (χ0n) is 22.8. The fourth-order valence-electron chi connectivity index (χ4n) is 4.67. The molecule has 2 aromatic heterocycles. The molecule has 1 fully saturated rings. The van der Waals surface area contributed by atoms with E-state index in [1.54, 1.807) is 35.4 Å². The van der Waals surface area contributed by atoms with Gasteiger partial charge in [0, 0.05) is 43.4 Å². The van der Waals surface area contributed by atoms with Crippen molar-refractivity contribution >= 4 is 15.7 Å². The molecule has 0 N–H and O–H groups in total. The van der Waals surface area contributed by atoms with E-state index in [9.17, 15) is 17.2 Å². The molecule has 0 radical (unpaired) electrons. The zero-order valence-corrected chi connectivity index (χ0v) is 23.6. The van der Waals surface area contributed by atoms with Crippen LogP contribution in [-0.2, 0) is 30.8 Å². The average molecular weight is 603 g/mol. The van der Waals surface area contributed by atoms with Gasteiger partial charge in [-0.3, -0.25) is 9.67 Å². The lowest BCUT2D eigenvalue weighted by Gasteiger charge is -2.25. The first-order chi connectivity index (χ1) is 20.3. The molecule has 9 nitrogen and oxygen atoms in total. The monoisotopic (exact) mass is 602 g/mol. The van der Waals surface area contributed by atoms with Crippen LogP contribution in [0.1, 0.15) is 19.3 Å². The number of nitrogens with zero attached hydrogens (tertiary/aromatic N) is 4. The van der Waals surface area contributed by atoms with Gasteiger partial charge in [-0.05, 0) is 67.3 Å². The summed E-state index contributed by atoms with van der Waals surface area (Å²) in [6, 6.07) is 9.64. The summed E-state index contributed by atoms with van der Waals surface area (Å²) >= 11 is 0. The lowest BCUT2D eigenvalue weighted by Crippen LogP contribution is -2.34. The minimum atomic E-state index is -4.78. The van der Waals surface area contributed by atoms with Crippen LogP contribution in [0.25, 0.3) is 22.4 Å². The SMILES string of the molecule is COCN(c1cccc(-c2nn(CCOC3CCCCO3)cc2-c2ccncc2)c1F)S(=O)(=O)c1cc(F)ccc1F. The van der Waals surface area contributed by atoms with Gasteiger partial charge in [0.2, 0.25) is 0 Å². The summed E-state index contributed by atoms with van der Waals surface area (Å²) in [5, 5.41) is 4.62. The number of halogens is 3. The van der Waals surface area contributed by atoms with Crippen LogP contribution in [0.2, 0.25) is 0 Å². The predicted molar refractivity (Wildman–Crippen MR) is 148 cm³/mol. The summed E-state index contributed by atoms with van der Waals surface area (Å²) in [7, 11) is -3.58. The van der Waals surface area contributed by atoms with Crippen LogP contribution < -0.4 is 4.31 Å². The molecule has 5 rings (SSSR count). The van der Waals surface area contributed by atoms with Crippen molar-refractivity contribution in [1.29, 1.82) is 0 Å². The first kappa shape index (κ1) is 29.7. The van der Waals surface area contributed by atoms with Gasteiger partial charge in [-0.15, -0.1) is 0 Å². The van der Waals surface area contributed by atoms with Crippen molar-refractivity contribution in [3.63, 3.8) is 0 Å². The van der Waals surface area contributed by atoms with Crippen LogP contribution in [-0.4, -0.2) is 56.5 Å². The van der Waals surface area contributed by atoms with E-state index >= 15 is 4.39 Å². The lowest BCUT2D eigenvalue weighted by molar-refractivity contribution is -0.163. The molecule has 1 unspecified atom stereocenters. The number of aromatic nitrogens is 3. The van der Waals surface area contributed by atoms with E-state index < -0.39 is 44.8 Å². The van der Waals surface area contributed by atoms with Gasteiger partial charge >= 0.3 is 0 Å². The summed E-state index contributed by atoms with van der Waals surface area (Å²) in [5.74, 6) is -3.09. The van der Waals surface area contributed by atoms with Crippen LogP contribution in [0.15, 0.2) is 72.0 Å². The average Bonchev–Trinajstić information content (AvgIpc) is 3.42. The minimum absolute atomic E-state index is 0.00869. The van der Waals surface area contributed by atoms with Crippen LogP contribution in [0.4, 0.5) is 18.9 Å². The third-order valence-electron chi connectivity index (χ3n) is 6.72. The Balaban J connectivity index is 1.53. The van der Waals surface area contributed by atoms with Crippen molar-refractivity contribution in [3.8, 4) is 22.4 Å². The maximum atomic E-state index is 16.3. The van der Waals surface area contributed by atoms with E-state index in [1.807, 2.05) is 0 Å². The molecule has 0 bridgehead atoms. The smallest absolute Gasteiger partial charge is 0.269 e. The zero-order chi connectivity index (χ0) is 29.7. The normalized spacial score (nSPS) is 15.6. The molecular weight excluding hydrogens is 573 g/mol. The number of methoxy groups -OCH3 is 1. The van der Waals surface area contributed by atoms with Gasteiger partial charge in [-0.25, -0.2) is 25.9 Å². The van der Waals surface area contributed by atoms with Gasteiger partial charge in [0.15, 0.2) is 12.1 Å². The number of rotatable bonds is 11. The molecule has 1 saturated heterocycles. The summed E-state index contributed by atoms with van der Waals surface area (Å²) in [5.41, 5.74) is 1.08. The number of pyridine rings is 1. The van der Waals surface area contributed by atoms with Crippen LogP contribution >= 0.6 is 0 Å². The summed E-state index contributed by atoms with van der Waals surface area (Å²) in [6.07, 6.45) is 7.49. The predicted octanol–water partition coefficient (Wildman–Crippen LogP) is 5.37. The highest BCUT2D eigenvalue weighted by Gasteiger charge is 2.32. The second-order valence-electron chi connectivity index (χ2n) is 9.54. The Morgan fingerprint density at radius 3 is 2.62 bits per heavy atom. The van der Waals surface area contributed by atoms with Gasteiger partial charge in [0.1, 0.15) is 29.0 Å². The van der Waals surface area contributed by atoms with Crippen molar-refractivity contribution < 1.29 is 35.8 Å². The summed E-state index contributed by atoms with van der Waals surface area (Å²) in [4.78, 5) is 3.10. The highest BCUT2D eigenvalue weighted by Crippen LogP contribution is 2.37. The molecule has 42 heavy (non-hydrogen) atoms. The number of sulfonamides is 1. The second kappa shape index (κ2) is 13.0. The number of hydrogen-bond acceptors (Lipinski definition) is 7. The number of benzene rings is 2. The molecule has 0 amide bonds. The fraction of sp³-hybridized carbons (Fsp3) is 0.310. The first-order valence-corrected chi connectivity index (χ1v) is 14.7. The van der Waals surface area contributed by atoms with Crippen LogP contribution in [0.5, 0.6) is 0 Å². The van der Waals surface area contributed by atoms with Gasteiger partial charge < -0.3 is 14.2 Å². The van der Waals surface area contributed by atoms with E-state index in [0.717, 1.165) is 25.3 Å². The Bertz CT molecular complexity index is 1630. The van der Waals surface area contributed by atoms with Crippen molar-refractivity contribution in [1.82, 2.24) is 14.8 Å². The Kier molecular flexibility index (Phi) is 9.21. The summed E-state index contributed by atoms with van der Waals surface area (Å²) in [6.45, 7) is 0.649. The lowest BCUT2D eigenvalue weighted by atomic mass is 10.0. The largest absolute Gasteiger partial charge is 0.363 e. The van der Waals surface area contributed by atoms with Crippen molar-refractivity contribution in [3.05, 3.63) is 84.6 Å². The molecule has 0 aliphatic carbocycles. The molecule has 1 aliphatic heterocycles. The molecule has 4 aromatic rings. The van der Waals surface area contributed by atoms with E-state index in [1.165, 1.54) is 25.3 Å². The van der Waals surface area contributed by atoms with E-state index in [4.69, 9.17) is 14.2 Å². The Morgan fingerprint density at radius 1 is 1.07 bits per heavy atom. The molecule has 13 heteroatoms. The Labute approximate surface area is 241 Å². The molecule has 3 heterocycles. The van der Waals surface area contributed by atoms with Gasteiger partial charge in [-0.1, -0.05) is 6.07 Å². The molecule has 0 spiro atoms. The highest BCUT2D eigenvalue weighted by molar-refractivity contribution is 7.92. The fourth-order valence-corrected chi connectivity index (χ4v) is 6.13. The van der Waals surface area contributed by atoms with E-state index in [-0.39, 0.29) is 17.5 Å². The molecule has 222 valence electrons. The number of ether oxygens (including phenoxy) is 3. The van der Waals surface area contributed by atoms with E-state index in [2.05, 4.69) is 10.1 Å². The minimum Gasteiger partial charge on any atom is -0.363 e. The van der Waals surface area contributed by atoms with Crippen LogP contribution in [0.3, 0.4) is 0 Å². The highest BCUT2D eigenvalue weighted by atomic mass is 32.2. The molecule has 0 saturated carbocycles. The number of anilines is 1. The molecule has 2 aromatic carbocycles. The Morgan fingerprint density at radius 2 is 1.88 bits per heavy atom.